The summed E-state index contributed by atoms with van der Waals surface area (Å²) >= 11 is 3.44. The zero-order valence-corrected chi connectivity index (χ0v) is 23.9. The molecule has 6 nitrogen and oxygen atoms in total. The van der Waals surface area contributed by atoms with E-state index in [0.29, 0.717) is 25.8 Å². The standard InChI is InChI=1S/C31H36BrN3O3/c1-20(2)16-28-31(38)34(15-14-21(3)35(28)29(36)19-22-9-12-26(32)13-10-22)27(30(33)37)18-23-8-11-24-6-4-5-7-25(24)17-23/h4-13,17,20-21,27-28H,14-16,18-19H2,1-3H3,(H2,33,37)/t21-,27+,28+/m1/s1. The first-order valence-electron chi connectivity index (χ1n) is 13.3. The minimum absolute atomic E-state index is 0.0779. The van der Waals surface area contributed by atoms with Gasteiger partial charge in [-0.3, -0.25) is 14.4 Å². The quantitative estimate of drug-likeness (QED) is 0.404. The molecule has 0 saturated carbocycles. The highest BCUT2D eigenvalue weighted by Gasteiger charge is 2.42. The van der Waals surface area contributed by atoms with Crippen LogP contribution in [-0.2, 0) is 27.2 Å². The summed E-state index contributed by atoms with van der Waals surface area (Å²) in [6.07, 6.45) is 1.65. The van der Waals surface area contributed by atoms with E-state index in [1.165, 1.54) is 0 Å². The molecule has 2 N–H and O–H groups in total. The summed E-state index contributed by atoms with van der Waals surface area (Å²) in [4.78, 5) is 43.9. The normalized spacial score (nSPS) is 19.0. The van der Waals surface area contributed by atoms with Crippen molar-refractivity contribution in [2.75, 3.05) is 6.54 Å². The van der Waals surface area contributed by atoms with Gasteiger partial charge in [0.15, 0.2) is 0 Å². The summed E-state index contributed by atoms with van der Waals surface area (Å²) in [6.45, 7) is 6.46. The second-order valence-corrected chi connectivity index (χ2v) is 11.6. The van der Waals surface area contributed by atoms with Gasteiger partial charge in [0.05, 0.1) is 6.42 Å². The number of primary amides is 1. The Balaban J connectivity index is 1.62. The van der Waals surface area contributed by atoms with Crippen LogP contribution >= 0.6 is 15.9 Å². The molecule has 0 spiro atoms. The fourth-order valence-corrected chi connectivity index (χ4v) is 5.67. The molecule has 3 aromatic rings. The Labute approximate surface area is 233 Å². The molecule has 1 fully saturated rings. The summed E-state index contributed by atoms with van der Waals surface area (Å²) < 4.78 is 0.948. The average molecular weight is 579 g/mol. The number of fused-ring (bicyclic) bond motifs is 1. The van der Waals surface area contributed by atoms with Crippen molar-refractivity contribution in [2.24, 2.45) is 11.7 Å². The third-order valence-corrected chi connectivity index (χ3v) is 7.89. The first kappa shape index (κ1) is 27.8. The number of nitrogens with two attached hydrogens (primary N) is 1. The van der Waals surface area contributed by atoms with Gasteiger partial charge in [-0.25, -0.2) is 0 Å². The van der Waals surface area contributed by atoms with Crippen LogP contribution in [-0.4, -0.2) is 52.2 Å². The second-order valence-electron chi connectivity index (χ2n) is 10.7. The van der Waals surface area contributed by atoms with E-state index in [4.69, 9.17) is 5.73 Å². The van der Waals surface area contributed by atoms with E-state index >= 15 is 0 Å². The molecule has 0 radical (unpaired) electrons. The van der Waals surface area contributed by atoms with Gasteiger partial charge in [0.1, 0.15) is 12.1 Å². The molecule has 0 aromatic heterocycles. The fraction of sp³-hybridized carbons (Fsp3) is 0.387. The number of halogens is 1. The molecule has 1 aliphatic heterocycles. The van der Waals surface area contributed by atoms with E-state index < -0.39 is 18.0 Å². The number of hydrogen-bond acceptors (Lipinski definition) is 3. The van der Waals surface area contributed by atoms with Crippen molar-refractivity contribution in [3.8, 4) is 0 Å². The molecule has 0 unspecified atom stereocenters. The maximum Gasteiger partial charge on any atom is 0.246 e. The minimum atomic E-state index is -0.785. The van der Waals surface area contributed by atoms with Crippen molar-refractivity contribution in [3.05, 3.63) is 82.3 Å². The van der Waals surface area contributed by atoms with Crippen molar-refractivity contribution in [1.29, 1.82) is 0 Å². The Morgan fingerprint density at radius 3 is 2.32 bits per heavy atom. The molecule has 1 saturated heterocycles. The Morgan fingerprint density at radius 1 is 1.00 bits per heavy atom. The van der Waals surface area contributed by atoms with Crippen LogP contribution in [0.15, 0.2) is 71.2 Å². The van der Waals surface area contributed by atoms with Crippen LogP contribution in [0, 0.1) is 5.92 Å². The third kappa shape index (κ3) is 6.44. The van der Waals surface area contributed by atoms with Crippen LogP contribution in [0.1, 0.15) is 44.7 Å². The lowest BCUT2D eigenvalue weighted by Crippen LogP contribution is -2.56. The van der Waals surface area contributed by atoms with E-state index in [0.717, 1.165) is 26.4 Å². The van der Waals surface area contributed by atoms with Crippen molar-refractivity contribution < 1.29 is 14.4 Å². The fourth-order valence-electron chi connectivity index (χ4n) is 5.40. The first-order valence-corrected chi connectivity index (χ1v) is 14.1. The van der Waals surface area contributed by atoms with E-state index in [9.17, 15) is 14.4 Å². The highest BCUT2D eigenvalue weighted by Crippen LogP contribution is 2.27. The maximum atomic E-state index is 14.1. The average Bonchev–Trinajstić information content (AvgIpc) is 2.99. The number of carbonyl (C=O) groups is 3. The summed E-state index contributed by atoms with van der Waals surface area (Å²) in [5, 5.41) is 2.19. The molecule has 0 bridgehead atoms. The summed E-state index contributed by atoms with van der Waals surface area (Å²) in [7, 11) is 0. The highest BCUT2D eigenvalue weighted by molar-refractivity contribution is 9.10. The Kier molecular flexibility index (Phi) is 8.87. The first-order chi connectivity index (χ1) is 18.1. The summed E-state index contributed by atoms with van der Waals surface area (Å²) in [5.74, 6) is -0.619. The molecule has 7 heteroatoms. The summed E-state index contributed by atoms with van der Waals surface area (Å²) in [6, 6.07) is 20.2. The molecular formula is C31H36BrN3O3. The summed E-state index contributed by atoms with van der Waals surface area (Å²) in [5.41, 5.74) is 7.76. The number of carbonyl (C=O) groups excluding carboxylic acids is 3. The van der Waals surface area contributed by atoms with Gasteiger partial charge in [-0.2, -0.15) is 0 Å². The van der Waals surface area contributed by atoms with Gasteiger partial charge < -0.3 is 15.5 Å². The number of rotatable bonds is 8. The lowest BCUT2D eigenvalue weighted by molar-refractivity contribution is -0.148. The minimum Gasteiger partial charge on any atom is -0.368 e. The molecule has 4 rings (SSSR count). The van der Waals surface area contributed by atoms with Gasteiger partial charge in [-0.05, 0) is 59.7 Å². The predicted molar refractivity (Wildman–Crippen MR) is 154 cm³/mol. The molecule has 1 aliphatic rings. The molecule has 3 atom stereocenters. The molecule has 3 amide bonds. The molecule has 38 heavy (non-hydrogen) atoms. The number of amides is 3. The van der Waals surface area contributed by atoms with Crippen molar-refractivity contribution >= 4 is 44.4 Å². The second kappa shape index (κ2) is 12.1. The Hall–Kier alpha value is -3.19. The zero-order valence-electron chi connectivity index (χ0n) is 22.3. The van der Waals surface area contributed by atoms with E-state index in [2.05, 4.69) is 22.0 Å². The maximum absolute atomic E-state index is 14.1. The smallest absolute Gasteiger partial charge is 0.246 e. The Bertz CT molecular complexity index is 1310. The molecule has 200 valence electrons. The lowest BCUT2D eigenvalue weighted by Gasteiger charge is -2.36. The lowest BCUT2D eigenvalue weighted by atomic mass is 9.97. The largest absolute Gasteiger partial charge is 0.368 e. The van der Waals surface area contributed by atoms with Crippen LogP contribution in [0.3, 0.4) is 0 Å². The monoisotopic (exact) mass is 577 g/mol. The molecule has 3 aromatic carbocycles. The number of nitrogens with zero attached hydrogens (tertiary/aromatic N) is 2. The van der Waals surface area contributed by atoms with Crippen LogP contribution in [0.5, 0.6) is 0 Å². The van der Waals surface area contributed by atoms with Crippen LogP contribution in [0.25, 0.3) is 10.8 Å². The van der Waals surface area contributed by atoms with Gasteiger partial charge in [0.2, 0.25) is 17.7 Å². The van der Waals surface area contributed by atoms with E-state index in [1.807, 2.05) is 81.4 Å². The molecular weight excluding hydrogens is 542 g/mol. The van der Waals surface area contributed by atoms with Crippen molar-refractivity contribution in [3.63, 3.8) is 0 Å². The predicted octanol–water partition coefficient (Wildman–Crippen LogP) is 5.11. The van der Waals surface area contributed by atoms with Crippen LogP contribution in [0.4, 0.5) is 0 Å². The third-order valence-electron chi connectivity index (χ3n) is 7.37. The topological polar surface area (TPSA) is 83.7 Å². The number of hydrogen-bond donors (Lipinski definition) is 1. The van der Waals surface area contributed by atoms with Gasteiger partial charge in [-0.15, -0.1) is 0 Å². The van der Waals surface area contributed by atoms with Crippen LogP contribution in [0.2, 0.25) is 0 Å². The van der Waals surface area contributed by atoms with Crippen molar-refractivity contribution in [2.45, 2.75) is 64.6 Å². The van der Waals surface area contributed by atoms with Crippen molar-refractivity contribution in [1.82, 2.24) is 9.80 Å². The molecule has 0 aliphatic carbocycles. The highest BCUT2D eigenvalue weighted by atomic mass is 79.9. The van der Waals surface area contributed by atoms with Crippen LogP contribution < -0.4 is 5.73 Å². The van der Waals surface area contributed by atoms with Gasteiger partial charge in [0, 0.05) is 23.5 Å². The Morgan fingerprint density at radius 2 is 1.66 bits per heavy atom. The van der Waals surface area contributed by atoms with Gasteiger partial charge >= 0.3 is 0 Å². The SMILES string of the molecule is CC(C)C[C@H]1C(=O)N([C@@H](Cc2ccc3ccccc3c2)C(N)=O)CC[C@@H](C)N1C(=O)Cc1ccc(Br)cc1. The molecule has 1 heterocycles. The van der Waals surface area contributed by atoms with E-state index in [-0.39, 0.29) is 30.2 Å². The number of benzene rings is 3. The van der Waals surface area contributed by atoms with E-state index in [1.54, 1.807) is 9.80 Å². The zero-order chi connectivity index (χ0) is 27.4. The van der Waals surface area contributed by atoms with Gasteiger partial charge in [0.25, 0.3) is 0 Å². The van der Waals surface area contributed by atoms with Gasteiger partial charge in [-0.1, -0.05) is 84.4 Å².